The van der Waals surface area contributed by atoms with Crippen LogP contribution in [0.4, 0.5) is 0 Å². The standard InChI is InChI=1S/C30H41N5O4S/c1-5-20(2)28(26(36)15-23-17-34(3)19-32-23)29(31)35(18-27(37)33-25(30(38)39)13-14-40-4)16-22-11-8-10-21-9-6-7-12-24(21)22/h6-12,17,19-20,25,28-29H,5,13-16,18,31H2,1-4H3,(H,33,37)(H,38,39)/t20-,25-,28+,29?/m0/s1. The number of aryl methyl sites for hydroxylation is 1. The molecule has 9 nitrogen and oxygen atoms in total. The molecule has 0 saturated heterocycles. The SMILES string of the molecule is CC[C@H](C)[C@H](C(=O)Cc1cn(C)cn1)C(N)N(CC(=O)N[C@@H](CCSC)C(=O)O)Cc1cccc2ccccc12. The Kier molecular flexibility index (Phi) is 11.7. The molecule has 0 spiro atoms. The summed E-state index contributed by atoms with van der Waals surface area (Å²) in [6.45, 7) is 4.20. The van der Waals surface area contributed by atoms with Crippen LogP contribution in [-0.4, -0.2) is 68.0 Å². The van der Waals surface area contributed by atoms with Crippen LogP contribution in [0.1, 0.15) is 37.9 Å². The number of fused-ring (bicyclic) bond motifs is 1. The molecule has 1 amide bonds. The molecule has 1 aromatic heterocycles. The van der Waals surface area contributed by atoms with E-state index in [4.69, 9.17) is 5.73 Å². The molecule has 4 N–H and O–H groups in total. The predicted octanol–water partition coefficient (Wildman–Crippen LogP) is 3.46. The number of thioether (sulfide) groups is 1. The fourth-order valence-corrected chi connectivity index (χ4v) is 5.48. The number of Topliss-reactive ketones (excluding diaryl/α,β-unsaturated/α-hetero) is 1. The van der Waals surface area contributed by atoms with Gasteiger partial charge in [-0.15, -0.1) is 0 Å². The van der Waals surface area contributed by atoms with Gasteiger partial charge in [-0.05, 0) is 40.7 Å². The van der Waals surface area contributed by atoms with Crippen molar-refractivity contribution < 1.29 is 19.5 Å². The van der Waals surface area contributed by atoms with Gasteiger partial charge in [0.25, 0.3) is 0 Å². The number of hydrogen-bond donors (Lipinski definition) is 3. The number of nitrogens with one attached hydrogen (secondary N) is 1. The Bertz CT molecular complexity index is 1290. The number of hydrogen-bond acceptors (Lipinski definition) is 7. The lowest BCUT2D eigenvalue weighted by molar-refractivity contribution is -0.142. The van der Waals surface area contributed by atoms with Gasteiger partial charge in [0.05, 0.1) is 31.2 Å². The van der Waals surface area contributed by atoms with Crippen LogP contribution >= 0.6 is 11.8 Å². The van der Waals surface area contributed by atoms with Crippen molar-refractivity contribution in [1.82, 2.24) is 19.8 Å². The van der Waals surface area contributed by atoms with Gasteiger partial charge in [-0.25, -0.2) is 9.78 Å². The summed E-state index contributed by atoms with van der Waals surface area (Å²) >= 11 is 1.52. The van der Waals surface area contributed by atoms with Crippen LogP contribution in [0.25, 0.3) is 10.8 Å². The number of rotatable bonds is 16. The van der Waals surface area contributed by atoms with Crippen LogP contribution in [0.15, 0.2) is 55.0 Å². The topological polar surface area (TPSA) is 131 Å². The zero-order valence-electron chi connectivity index (χ0n) is 23.7. The Balaban J connectivity index is 1.93. The van der Waals surface area contributed by atoms with E-state index in [1.807, 2.05) is 75.8 Å². The summed E-state index contributed by atoms with van der Waals surface area (Å²) in [5.41, 5.74) is 8.53. The highest BCUT2D eigenvalue weighted by Gasteiger charge is 2.35. The molecule has 1 unspecified atom stereocenters. The maximum absolute atomic E-state index is 13.7. The number of carboxylic acid groups (broad SMARTS) is 1. The second-order valence-electron chi connectivity index (χ2n) is 10.4. The molecule has 1 heterocycles. The lowest BCUT2D eigenvalue weighted by Gasteiger charge is -2.36. The van der Waals surface area contributed by atoms with Gasteiger partial charge in [0.15, 0.2) is 0 Å². The minimum Gasteiger partial charge on any atom is -0.480 e. The number of aliphatic carboxylic acids is 1. The molecule has 0 fully saturated rings. The van der Waals surface area contributed by atoms with E-state index in [1.165, 1.54) is 11.8 Å². The molecule has 10 heteroatoms. The molecule has 4 atom stereocenters. The predicted molar refractivity (Wildman–Crippen MR) is 160 cm³/mol. The molecular weight excluding hydrogens is 526 g/mol. The molecular formula is C30H41N5O4S. The van der Waals surface area contributed by atoms with Crippen LogP contribution in [0.3, 0.4) is 0 Å². The van der Waals surface area contributed by atoms with Crippen molar-refractivity contribution >= 4 is 40.2 Å². The summed E-state index contributed by atoms with van der Waals surface area (Å²) in [5, 5.41) is 14.4. The minimum absolute atomic E-state index is 0.0349. The van der Waals surface area contributed by atoms with Crippen LogP contribution in [0.5, 0.6) is 0 Å². The summed E-state index contributed by atoms with van der Waals surface area (Å²) < 4.78 is 1.80. The van der Waals surface area contributed by atoms with E-state index in [-0.39, 0.29) is 24.7 Å². The van der Waals surface area contributed by atoms with E-state index in [0.29, 0.717) is 24.4 Å². The van der Waals surface area contributed by atoms with Crippen molar-refractivity contribution in [1.29, 1.82) is 0 Å². The Hall–Kier alpha value is -3.21. The molecule has 0 aliphatic heterocycles. The Labute approximate surface area is 240 Å². The quantitative estimate of drug-likeness (QED) is 0.224. The third-order valence-electron chi connectivity index (χ3n) is 7.38. The van der Waals surface area contributed by atoms with E-state index < -0.39 is 30.0 Å². The highest BCUT2D eigenvalue weighted by molar-refractivity contribution is 7.98. The van der Waals surface area contributed by atoms with E-state index >= 15 is 0 Å². The molecule has 216 valence electrons. The third-order valence-corrected chi connectivity index (χ3v) is 8.02. The number of nitrogens with zero attached hydrogens (tertiary/aromatic N) is 3. The van der Waals surface area contributed by atoms with E-state index in [9.17, 15) is 19.5 Å². The lowest BCUT2D eigenvalue weighted by atomic mass is 9.83. The fraction of sp³-hybridized carbons (Fsp3) is 0.467. The van der Waals surface area contributed by atoms with Gasteiger partial charge in [0.1, 0.15) is 11.8 Å². The third kappa shape index (κ3) is 8.39. The summed E-state index contributed by atoms with van der Waals surface area (Å²) in [5.74, 6) is -1.54. The summed E-state index contributed by atoms with van der Waals surface area (Å²) in [7, 11) is 1.85. The van der Waals surface area contributed by atoms with Gasteiger partial charge in [-0.3, -0.25) is 14.5 Å². The van der Waals surface area contributed by atoms with E-state index in [1.54, 1.807) is 15.8 Å². The van der Waals surface area contributed by atoms with Crippen LogP contribution in [0.2, 0.25) is 0 Å². The molecule has 0 saturated carbocycles. The highest BCUT2D eigenvalue weighted by Crippen LogP contribution is 2.26. The number of carbonyl (C=O) groups excluding carboxylic acids is 2. The van der Waals surface area contributed by atoms with Gasteiger partial charge in [0.2, 0.25) is 5.91 Å². The molecule has 40 heavy (non-hydrogen) atoms. The fourth-order valence-electron chi connectivity index (χ4n) is 5.01. The van der Waals surface area contributed by atoms with E-state index in [2.05, 4.69) is 10.3 Å². The average molecular weight is 568 g/mol. The molecule has 0 bridgehead atoms. The zero-order chi connectivity index (χ0) is 29.2. The lowest BCUT2D eigenvalue weighted by Crippen LogP contribution is -2.55. The minimum atomic E-state index is -1.07. The summed E-state index contributed by atoms with van der Waals surface area (Å²) in [4.78, 5) is 44.8. The zero-order valence-corrected chi connectivity index (χ0v) is 24.6. The molecule has 2 aromatic carbocycles. The van der Waals surface area contributed by atoms with Crippen molar-refractivity contribution in [2.24, 2.45) is 24.6 Å². The van der Waals surface area contributed by atoms with Crippen LogP contribution in [-0.2, 0) is 34.4 Å². The maximum Gasteiger partial charge on any atom is 0.326 e. The number of imidazole rings is 1. The van der Waals surface area contributed by atoms with Crippen LogP contribution < -0.4 is 11.1 Å². The van der Waals surface area contributed by atoms with Crippen molar-refractivity contribution in [3.05, 3.63) is 66.2 Å². The maximum atomic E-state index is 13.7. The largest absolute Gasteiger partial charge is 0.480 e. The van der Waals surface area contributed by atoms with Crippen molar-refractivity contribution in [3.8, 4) is 0 Å². The van der Waals surface area contributed by atoms with E-state index in [0.717, 1.165) is 22.8 Å². The van der Waals surface area contributed by atoms with Gasteiger partial charge >= 0.3 is 5.97 Å². The Morgan fingerprint density at radius 3 is 2.55 bits per heavy atom. The number of nitrogens with two attached hydrogens (primary N) is 1. The second kappa shape index (κ2) is 15.0. The Morgan fingerprint density at radius 1 is 1.18 bits per heavy atom. The molecule has 3 rings (SSSR count). The number of aromatic nitrogens is 2. The molecule has 0 aliphatic rings. The van der Waals surface area contributed by atoms with Gasteiger partial charge in [-0.2, -0.15) is 11.8 Å². The molecule has 0 aliphatic carbocycles. The van der Waals surface area contributed by atoms with Crippen molar-refractivity contribution in [3.63, 3.8) is 0 Å². The smallest absolute Gasteiger partial charge is 0.326 e. The average Bonchev–Trinajstić information content (AvgIpc) is 3.34. The van der Waals surface area contributed by atoms with Crippen molar-refractivity contribution in [2.75, 3.05) is 18.6 Å². The first-order valence-corrected chi connectivity index (χ1v) is 15.0. The number of carboxylic acids is 1. The van der Waals surface area contributed by atoms with Crippen molar-refractivity contribution in [2.45, 2.75) is 51.9 Å². The summed E-state index contributed by atoms with van der Waals surface area (Å²) in [6.07, 6.45) is 5.79. The van der Waals surface area contributed by atoms with Gasteiger partial charge in [-0.1, -0.05) is 62.7 Å². The molecule has 0 radical (unpaired) electrons. The van der Waals surface area contributed by atoms with Gasteiger partial charge < -0.3 is 20.7 Å². The number of carbonyl (C=O) groups is 3. The van der Waals surface area contributed by atoms with Gasteiger partial charge in [0, 0.05) is 25.7 Å². The number of amides is 1. The number of benzene rings is 2. The first-order valence-electron chi connectivity index (χ1n) is 13.6. The second-order valence-corrected chi connectivity index (χ2v) is 11.3. The first-order chi connectivity index (χ1) is 19.1. The highest BCUT2D eigenvalue weighted by atomic mass is 32.2. The normalized spacial score (nSPS) is 14.6. The monoisotopic (exact) mass is 567 g/mol. The first kappa shape index (κ1) is 31.3. The summed E-state index contributed by atoms with van der Waals surface area (Å²) in [6, 6.07) is 13.0. The number of ketones is 1. The molecule has 3 aromatic rings. The Morgan fingerprint density at radius 2 is 1.90 bits per heavy atom. The van der Waals surface area contributed by atoms with Crippen LogP contribution in [0, 0.1) is 11.8 Å².